The van der Waals surface area contributed by atoms with Crippen LogP contribution in [0.1, 0.15) is 0 Å². The van der Waals surface area contributed by atoms with Crippen molar-refractivity contribution in [3.63, 3.8) is 0 Å². The molecule has 0 aromatic heterocycles. The lowest BCUT2D eigenvalue weighted by molar-refractivity contribution is -0.407. The van der Waals surface area contributed by atoms with E-state index in [-0.39, 0.29) is 0 Å². The highest BCUT2D eigenvalue weighted by atomic mass is 35.5. The lowest BCUT2D eigenvalue weighted by Crippen LogP contribution is -2.70. The van der Waals surface area contributed by atoms with Gasteiger partial charge in [0.25, 0.3) is 0 Å². The zero-order chi connectivity index (χ0) is 19.5. The van der Waals surface area contributed by atoms with Crippen LogP contribution in [0.4, 0.5) is 56.6 Å². The van der Waals surface area contributed by atoms with Gasteiger partial charge in [-0.3, -0.25) is 0 Å². The van der Waals surface area contributed by atoms with Crippen LogP contribution in [0.3, 0.4) is 0 Å². The molecule has 0 N–H and O–H groups in total. The topological polar surface area (TPSA) is 34.1 Å². The third-order valence-corrected chi connectivity index (χ3v) is 3.32. The Bertz CT molecular complexity index is 562. The third kappa shape index (κ3) is 2.80. The summed E-state index contributed by atoms with van der Waals surface area (Å²) in [6, 6.07) is 0. The van der Waals surface area contributed by atoms with Crippen molar-refractivity contribution in [1.29, 1.82) is 0 Å². The predicted molar refractivity (Wildman–Crippen MR) is 45.6 cm³/mol. The monoisotopic (exact) mass is 418 g/mol. The maximum atomic E-state index is 12.7. The fourth-order valence-corrected chi connectivity index (χ4v) is 1.46. The molecule has 0 atom stereocenters. The Morgan fingerprint density at radius 2 is 0.826 bits per heavy atom. The Hall–Kier alpha value is -0.670. The largest absolute Gasteiger partial charge is 0.442 e. The molecule has 0 radical (unpaired) electrons. The van der Waals surface area contributed by atoms with Crippen LogP contribution in [0.25, 0.3) is 0 Å². The van der Waals surface area contributed by atoms with Gasteiger partial charge in [-0.1, -0.05) is 3.89 Å². The fourth-order valence-electron chi connectivity index (χ4n) is 0.908. The van der Waals surface area contributed by atoms with Crippen LogP contribution in [0.15, 0.2) is 0 Å². The highest BCUT2D eigenvalue weighted by Crippen LogP contribution is 2.61. The Morgan fingerprint density at radius 3 is 1.04 bits per heavy atom. The average molecular weight is 419 g/mol. The summed E-state index contributed by atoms with van der Waals surface area (Å²) < 4.78 is 181. The first-order valence-corrected chi connectivity index (χ1v) is 6.16. The highest BCUT2D eigenvalue weighted by Gasteiger charge is 2.92. The molecule has 0 aromatic carbocycles. The van der Waals surface area contributed by atoms with Crippen molar-refractivity contribution in [2.24, 2.45) is 0 Å². The summed E-state index contributed by atoms with van der Waals surface area (Å²) in [6.45, 7) is 0. The minimum absolute atomic E-state index is 3.35. The van der Waals surface area contributed by atoms with Crippen molar-refractivity contribution in [2.75, 3.05) is 0 Å². The highest BCUT2D eigenvalue weighted by molar-refractivity contribution is 7.87. The smallest absolute Gasteiger partial charge is 0.192 e. The standard InChI is InChI=1S/C6ClF13O2S/c7-5(16,17)3(12,13)1(8,9)2(10,11)4(14,15)6(18,19)23(20,21)22. The van der Waals surface area contributed by atoms with Gasteiger partial charge in [-0.05, 0) is 11.6 Å². The first-order chi connectivity index (χ1) is 9.50. The van der Waals surface area contributed by atoms with Crippen molar-refractivity contribution in [1.82, 2.24) is 0 Å². The summed E-state index contributed by atoms with van der Waals surface area (Å²) in [5.41, 5.74) is 0. The summed E-state index contributed by atoms with van der Waals surface area (Å²) in [5, 5.41) is -14.3. The van der Waals surface area contributed by atoms with Crippen LogP contribution in [-0.4, -0.2) is 42.7 Å². The molecule has 0 saturated carbocycles. The van der Waals surface area contributed by atoms with E-state index in [1.807, 2.05) is 0 Å². The second kappa shape index (κ2) is 5.16. The van der Waals surface area contributed by atoms with Crippen molar-refractivity contribution in [2.45, 2.75) is 34.3 Å². The summed E-state index contributed by atoms with van der Waals surface area (Å²) in [5.74, 6) is -31.8. The van der Waals surface area contributed by atoms with Gasteiger partial charge in [-0.15, -0.1) is 0 Å². The number of rotatable bonds is 6. The summed E-state index contributed by atoms with van der Waals surface area (Å²) in [6.07, 6.45) is 0. The molecule has 0 aliphatic heterocycles. The lowest BCUT2D eigenvalue weighted by atomic mass is 9.98. The maximum absolute atomic E-state index is 12.7. The number of hydrogen-bond donors (Lipinski definition) is 0. The van der Waals surface area contributed by atoms with Gasteiger partial charge in [0.1, 0.15) is 0 Å². The zero-order valence-electron chi connectivity index (χ0n) is 9.52. The molecule has 0 unspecified atom stereocenters. The Morgan fingerprint density at radius 1 is 0.565 bits per heavy atom. The maximum Gasteiger partial charge on any atom is 0.442 e. The van der Waals surface area contributed by atoms with Gasteiger partial charge in [-0.2, -0.15) is 61.1 Å². The molecular weight excluding hydrogens is 419 g/mol. The minimum atomic E-state index is -8.18. The first-order valence-electron chi connectivity index (χ1n) is 4.40. The first kappa shape index (κ1) is 22.3. The molecule has 0 bridgehead atoms. The molecule has 0 rings (SSSR count). The van der Waals surface area contributed by atoms with Crippen molar-refractivity contribution in [3.8, 4) is 0 Å². The van der Waals surface area contributed by atoms with E-state index in [9.17, 15) is 65.0 Å². The normalized spacial score (nSPS) is 16.6. The quantitative estimate of drug-likeness (QED) is 0.367. The van der Waals surface area contributed by atoms with Crippen LogP contribution in [-0.2, 0) is 10.2 Å². The number of halogens is 14. The van der Waals surface area contributed by atoms with E-state index in [1.54, 1.807) is 0 Å². The van der Waals surface area contributed by atoms with Crippen LogP contribution in [0, 0.1) is 0 Å². The molecule has 17 heteroatoms. The molecule has 23 heavy (non-hydrogen) atoms. The van der Waals surface area contributed by atoms with E-state index in [0.717, 1.165) is 0 Å². The van der Waals surface area contributed by atoms with Gasteiger partial charge in [0.15, 0.2) is 0 Å². The number of alkyl halides is 13. The van der Waals surface area contributed by atoms with Crippen molar-refractivity contribution in [3.05, 3.63) is 0 Å². The summed E-state index contributed by atoms with van der Waals surface area (Å²) in [7, 11) is -8.05. The zero-order valence-corrected chi connectivity index (χ0v) is 11.1. The minimum Gasteiger partial charge on any atom is -0.192 e. The molecule has 0 aliphatic rings. The summed E-state index contributed by atoms with van der Waals surface area (Å²) >= 11 is 3.35. The molecule has 2 nitrogen and oxygen atoms in total. The van der Waals surface area contributed by atoms with Gasteiger partial charge >= 0.3 is 44.5 Å². The second-order valence-electron chi connectivity index (χ2n) is 3.75. The predicted octanol–water partition coefficient (Wildman–Crippen LogP) is 4.25. The average Bonchev–Trinajstić information content (AvgIpc) is 2.24. The van der Waals surface area contributed by atoms with E-state index >= 15 is 0 Å². The van der Waals surface area contributed by atoms with Crippen LogP contribution in [0.2, 0.25) is 0 Å². The van der Waals surface area contributed by atoms with E-state index in [4.69, 9.17) is 0 Å². The molecule has 0 spiro atoms. The molecular formula is C6ClF13O2S. The molecule has 0 saturated heterocycles. The second-order valence-corrected chi connectivity index (χ2v) is 5.61. The van der Waals surface area contributed by atoms with E-state index in [0.29, 0.717) is 0 Å². The van der Waals surface area contributed by atoms with Gasteiger partial charge in [0, 0.05) is 0 Å². The molecule has 0 fully saturated rings. The molecule has 0 heterocycles. The Balaban J connectivity index is 6.48. The van der Waals surface area contributed by atoms with Gasteiger partial charge in [-0.25, -0.2) is 0 Å². The van der Waals surface area contributed by atoms with Crippen LogP contribution in [0.5, 0.6) is 0 Å². The molecule has 140 valence electrons. The van der Waals surface area contributed by atoms with Crippen LogP contribution >= 0.6 is 11.6 Å². The molecule has 0 aromatic rings. The third-order valence-electron chi connectivity index (χ3n) is 2.21. The fraction of sp³-hybridized carbons (Fsp3) is 1.00. The van der Waals surface area contributed by atoms with E-state index in [1.165, 1.54) is 0 Å². The van der Waals surface area contributed by atoms with Gasteiger partial charge in [0.05, 0.1) is 0 Å². The van der Waals surface area contributed by atoms with E-state index < -0.39 is 44.5 Å². The van der Waals surface area contributed by atoms with Gasteiger partial charge < -0.3 is 0 Å². The van der Waals surface area contributed by atoms with Crippen molar-refractivity contribution < 1.29 is 65.0 Å². The Kier molecular flexibility index (Phi) is 5.01. The SMILES string of the molecule is O=S(=O)(F)C(F)(F)C(F)(F)C(F)(F)C(F)(F)C(F)(F)C(F)(F)Cl. The van der Waals surface area contributed by atoms with E-state index in [2.05, 4.69) is 11.6 Å². The molecule has 0 aliphatic carbocycles. The number of hydrogen-bond acceptors (Lipinski definition) is 2. The molecule has 0 amide bonds. The van der Waals surface area contributed by atoms with Gasteiger partial charge in [0.2, 0.25) is 0 Å². The van der Waals surface area contributed by atoms with Crippen molar-refractivity contribution >= 4 is 21.8 Å². The lowest BCUT2D eigenvalue weighted by Gasteiger charge is -2.38. The summed E-state index contributed by atoms with van der Waals surface area (Å²) in [4.78, 5) is 0. The van der Waals surface area contributed by atoms with Crippen LogP contribution < -0.4 is 0 Å². The Labute approximate surface area is 122 Å².